The number of amides is 1. The van der Waals surface area contributed by atoms with E-state index in [1.165, 1.54) is 16.4 Å². The van der Waals surface area contributed by atoms with Gasteiger partial charge in [-0.05, 0) is 48.2 Å². The molecule has 1 atom stereocenters. The molecule has 0 radical (unpaired) electrons. The molecule has 7 heteroatoms. The average molecular weight is 401 g/mol. The standard InChI is InChI=1S/C21H24N2O4S/c1-3-12-22-21(24)17-5-4-6-20(14-17)28(25,26)23-13-11-18(15-23)16-7-9-19(27-2)10-8-16/h3-10,14,18H,1,11-13,15H2,2H3,(H,22,24). The van der Waals surface area contributed by atoms with E-state index in [2.05, 4.69) is 11.9 Å². The third kappa shape index (κ3) is 4.26. The molecule has 2 aromatic carbocycles. The van der Waals surface area contributed by atoms with Gasteiger partial charge in [-0.3, -0.25) is 4.79 Å². The van der Waals surface area contributed by atoms with E-state index in [9.17, 15) is 13.2 Å². The highest BCUT2D eigenvalue weighted by Crippen LogP contribution is 2.32. The molecule has 1 fully saturated rings. The average Bonchev–Trinajstić information content (AvgIpc) is 3.23. The Hall–Kier alpha value is -2.64. The Bertz CT molecular complexity index is 955. The summed E-state index contributed by atoms with van der Waals surface area (Å²) in [4.78, 5) is 12.2. The lowest BCUT2D eigenvalue weighted by Crippen LogP contribution is -2.29. The summed E-state index contributed by atoms with van der Waals surface area (Å²) in [5, 5.41) is 2.66. The lowest BCUT2D eigenvalue weighted by Gasteiger charge is -2.17. The first-order valence-corrected chi connectivity index (χ1v) is 10.5. The van der Waals surface area contributed by atoms with Crippen LogP contribution in [0, 0.1) is 0 Å². The van der Waals surface area contributed by atoms with E-state index in [1.807, 2.05) is 24.3 Å². The van der Waals surface area contributed by atoms with Gasteiger partial charge in [-0.1, -0.05) is 24.3 Å². The van der Waals surface area contributed by atoms with Crippen LogP contribution >= 0.6 is 0 Å². The molecule has 1 saturated heterocycles. The molecular weight excluding hydrogens is 376 g/mol. The van der Waals surface area contributed by atoms with Crippen LogP contribution in [0.3, 0.4) is 0 Å². The zero-order valence-corrected chi connectivity index (χ0v) is 16.6. The largest absolute Gasteiger partial charge is 0.497 e. The molecule has 1 aliphatic heterocycles. The highest BCUT2D eigenvalue weighted by Gasteiger charge is 2.33. The fourth-order valence-corrected chi connectivity index (χ4v) is 4.85. The van der Waals surface area contributed by atoms with Gasteiger partial charge in [0.15, 0.2) is 0 Å². The lowest BCUT2D eigenvalue weighted by molar-refractivity contribution is 0.0958. The first-order chi connectivity index (χ1) is 13.5. The van der Waals surface area contributed by atoms with E-state index < -0.39 is 10.0 Å². The zero-order chi connectivity index (χ0) is 20.1. The predicted octanol–water partition coefficient (Wildman–Crippen LogP) is 2.79. The number of rotatable bonds is 7. The van der Waals surface area contributed by atoms with Gasteiger partial charge in [0.25, 0.3) is 5.91 Å². The number of ether oxygens (including phenoxy) is 1. The molecule has 3 rings (SSSR count). The summed E-state index contributed by atoms with van der Waals surface area (Å²) < 4.78 is 32.8. The molecule has 28 heavy (non-hydrogen) atoms. The predicted molar refractivity (Wildman–Crippen MR) is 108 cm³/mol. The fraction of sp³-hybridized carbons (Fsp3) is 0.286. The SMILES string of the molecule is C=CCNC(=O)c1cccc(S(=O)(=O)N2CCC(c3ccc(OC)cc3)C2)c1. The van der Waals surface area contributed by atoms with Crippen LogP contribution in [-0.2, 0) is 10.0 Å². The number of benzene rings is 2. The van der Waals surface area contributed by atoms with Crippen LogP contribution in [0.4, 0.5) is 0 Å². The Balaban J connectivity index is 1.76. The van der Waals surface area contributed by atoms with Gasteiger partial charge in [0.05, 0.1) is 12.0 Å². The van der Waals surface area contributed by atoms with E-state index >= 15 is 0 Å². The minimum absolute atomic E-state index is 0.133. The van der Waals surface area contributed by atoms with Crippen molar-refractivity contribution in [1.82, 2.24) is 9.62 Å². The van der Waals surface area contributed by atoms with Gasteiger partial charge in [0, 0.05) is 25.2 Å². The van der Waals surface area contributed by atoms with Crippen molar-refractivity contribution in [2.24, 2.45) is 0 Å². The van der Waals surface area contributed by atoms with Crippen LogP contribution in [0.5, 0.6) is 5.75 Å². The Labute approximate surface area is 165 Å². The van der Waals surface area contributed by atoms with Gasteiger partial charge in [0.2, 0.25) is 10.0 Å². The second-order valence-corrected chi connectivity index (χ2v) is 8.59. The van der Waals surface area contributed by atoms with Crippen molar-refractivity contribution in [3.63, 3.8) is 0 Å². The molecule has 6 nitrogen and oxygen atoms in total. The van der Waals surface area contributed by atoms with Crippen molar-refractivity contribution in [3.05, 3.63) is 72.3 Å². The summed E-state index contributed by atoms with van der Waals surface area (Å²) in [6.07, 6.45) is 2.33. The molecule has 1 aliphatic rings. The van der Waals surface area contributed by atoms with Crippen molar-refractivity contribution < 1.29 is 17.9 Å². The van der Waals surface area contributed by atoms with Crippen molar-refractivity contribution in [2.45, 2.75) is 17.2 Å². The monoisotopic (exact) mass is 400 g/mol. The maximum absolute atomic E-state index is 13.1. The quantitative estimate of drug-likeness (QED) is 0.725. The minimum Gasteiger partial charge on any atom is -0.497 e. The smallest absolute Gasteiger partial charge is 0.251 e. The molecule has 1 unspecified atom stereocenters. The van der Waals surface area contributed by atoms with Crippen LogP contribution in [0.25, 0.3) is 0 Å². The fourth-order valence-electron chi connectivity index (χ4n) is 3.31. The van der Waals surface area contributed by atoms with Crippen molar-refractivity contribution in [2.75, 3.05) is 26.7 Å². The molecule has 0 bridgehead atoms. The van der Waals surface area contributed by atoms with E-state index in [-0.39, 0.29) is 16.7 Å². The van der Waals surface area contributed by atoms with Gasteiger partial charge in [0.1, 0.15) is 5.75 Å². The summed E-state index contributed by atoms with van der Waals surface area (Å²) in [6.45, 7) is 4.75. The van der Waals surface area contributed by atoms with Gasteiger partial charge < -0.3 is 10.1 Å². The van der Waals surface area contributed by atoms with Crippen LogP contribution < -0.4 is 10.1 Å². The summed E-state index contributed by atoms with van der Waals surface area (Å²) >= 11 is 0. The Kier molecular flexibility index (Phi) is 6.16. The van der Waals surface area contributed by atoms with Crippen LogP contribution in [0.1, 0.15) is 28.3 Å². The first kappa shape index (κ1) is 20.1. The third-order valence-electron chi connectivity index (χ3n) is 4.88. The molecule has 0 aromatic heterocycles. The minimum atomic E-state index is -3.66. The Morgan fingerprint density at radius 3 is 2.71 bits per heavy atom. The number of nitrogens with one attached hydrogen (secondary N) is 1. The van der Waals surface area contributed by atoms with Gasteiger partial charge in [-0.25, -0.2) is 8.42 Å². The zero-order valence-electron chi connectivity index (χ0n) is 15.8. The number of hydrogen-bond donors (Lipinski definition) is 1. The molecule has 0 spiro atoms. The number of hydrogen-bond acceptors (Lipinski definition) is 4. The number of carbonyl (C=O) groups is 1. The molecule has 1 heterocycles. The highest BCUT2D eigenvalue weighted by atomic mass is 32.2. The molecule has 2 aromatic rings. The Morgan fingerprint density at radius 1 is 1.29 bits per heavy atom. The molecule has 148 valence electrons. The van der Waals surface area contributed by atoms with Crippen LogP contribution in [0.15, 0.2) is 66.1 Å². The highest BCUT2D eigenvalue weighted by molar-refractivity contribution is 7.89. The maximum Gasteiger partial charge on any atom is 0.251 e. The molecule has 0 saturated carbocycles. The summed E-state index contributed by atoms with van der Waals surface area (Å²) in [6, 6.07) is 13.9. The normalized spacial score (nSPS) is 17.2. The van der Waals surface area contributed by atoms with Crippen molar-refractivity contribution in [3.8, 4) is 5.75 Å². The van der Waals surface area contributed by atoms with Gasteiger partial charge in [-0.2, -0.15) is 4.31 Å². The van der Waals surface area contributed by atoms with Crippen LogP contribution in [0.2, 0.25) is 0 Å². The Morgan fingerprint density at radius 2 is 2.04 bits per heavy atom. The summed E-state index contributed by atoms with van der Waals surface area (Å²) in [5.41, 5.74) is 1.41. The van der Waals surface area contributed by atoms with E-state index in [0.29, 0.717) is 25.2 Å². The van der Waals surface area contributed by atoms with Crippen molar-refractivity contribution in [1.29, 1.82) is 0 Å². The van der Waals surface area contributed by atoms with Gasteiger partial charge >= 0.3 is 0 Å². The van der Waals surface area contributed by atoms with E-state index in [0.717, 1.165) is 17.7 Å². The topological polar surface area (TPSA) is 75.7 Å². The van der Waals surface area contributed by atoms with Gasteiger partial charge in [-0.15, -0.1) is 6.58 Å². The lowest BCUT2D eigenvalue weighted by atomic mass is 9.99. The van der Waals surface area contributed by atoms with Crippen LogP contribution in [-0.4, -0.2) is 45.4 Å². The summed E-state index contributed by atoms with van der Waals surface area (Å²) in [7, 11) is -2.04. The number of carbonyl (C=O) groups excluding carboxylic acids is 1. The maximum atomic E-state index is 13.1. The molecule has 0 aliphatic carbocycles. The van der Waals surface area contributed by atoms with Crippen molar-refractivity contribution >= 4 is 15.9 Å². The summed E-state index contributed by atoms with van der Waals surface area (Å²) in [5.74, 6) is 0.590. The van der Waals surface area contributed by atoms with E-state index in [4.69, 9.17) is 4.74 Å². The number of sulfonamides is 1. The molecule has 1 amide bonds. The molecular formula is C21H24N2O4S. The van der Waals surface area contributed by atoms with E-state index in [1.54, 1.807) is 25.3 Å². The number of nitrogens with zero attached hydrogens (tertiary/aromatic N) is 1. The first-order valence-electron chi connectivity index (χ1n) is 9.09. The number of methoxy groups -OCH3 is 1. The molecule has 1 N–H and O–H groups in total. The second-order valence-electron chi connectivity index (χ2n) is 6.65. The third-order valence-corrected chi connectivity index (χ3v) is 6.74. The second kappa shape index (κ2) is 8.58.